The minimum Gasteiger partial charge on any atom is -0.480 e. The topological polar surface area (TPSA) is 95.0 Å². The molecule has 150 valence electrons. The van der Waals surface area contributed by atoms with E-state index in [-0.39, 0.29) is 24.7 Å². The maximum atomic E-state index is 12.6. The van der Waals surface area contributed by atoms with Crippen LogP contribution < -0.4 is 10.1 Å². The normalized spacial score (nSPS) is 15.3. The molecular formula is C18H27ClN4O4. The van der Waals surface area contributed by atoms with E-state index in [1.54, 1.807) is 11.0 Å². The molecule has 0 atom stereocenters. The largest absolute Gasteiger partial charge is 0.480 e. The smallest absolute Gasteiger partial charge is 0.321 e. The number of carbonyl (C=O) groups excluding carboxylic acids is 1. The molecule has 1 fully saturated rings. The number of amides is 2. The van der Waals surface area contributed by atoms with Crippen molar-refractivity contribution in [1.29, 1.82) is 0 Å². The third-order valence-electron chi connectivity index (χ3n) is 4.42. The summed E-state index contributed by atoms with van der Waals surface area (Å²) in [5.74, 6) is -0.501. The first kappa shape index (κ1) is 21.2. The molecule has 1 aliphatic heterocycles. The number of carboxylic acids is 1. The van der Waals surface area contributed by atoms with Gasteiger partial charge in [-0.05, 0) is 39.3 Å². The number of ether oxygens (including phenoxy) is 1. The quantitative estimate of drug-likeness (QED) is 0.733. The van der Waals surface area contributed by atoms with Gasteiger partial charge in [0, 0.05) is 25.3 Å². The molecule has 9 heteroatoms. The third kappa shape index (κ3) is 6.25. The van der Waals surface area contributed by atoms with Crippen molar-refractivity contribution in [3.05, 3.63) is 17.3 Å². The number of likely N-dealkylation sites (tertiary alicyclic amines) is 1. The summed E-state index contributed by atoms with van der Waals surface area (Å²) in [6.07, 6.45) is 2.86. The number of pyridine rings is 1. The highest BCUT2D eigenvalue weighted by atomic mass is 35.5. The van der Waals surface area contributed by atoms with E-state index in [9.17, 15) is 9.59 Å². The summed E-state index contributed by atoms with van der Waals surface area (Å²) in [7, 11) is 0. The van der Waals surface area contributed by atoms with Gasteiger partial charge in [0.2, 0.25) is 5.88 Å². The molecule has 0 bridgehead atoms. The molecule has 0 radical (unpaired) electrons. The van der Waals surface area contributed by atoms with E-state index in [4.69, 9.17) is 21.4 Å². The molecule has 2 rings (SSSR count). The van der Waals surface area contributed by atoms with Gasteiger partial charge in [-0.2, -0.15) is 0 Å². The van der Waals surface area contributed by atoms with E-state index in [2.05, 4.69) is 10.3 Å². The number of halogens is 1. The Morgan fingerprint density at radius 2 is 2.11 bits per heavy atom. The van der Waals surface area contributed by atoms with Crippen molar-refractivity contribution in [3.8, 4) is 5.88 Å². The Morgan fingerprint density at radius 3 is 2.67 bits per heavy atom. The number of hydrogen-bond acceptors (Lipinski definition) is 5. The number of nitrogens with zero attached hydrogens (tertiary/aromatic N) is 3. The molecule has 0 aliphatic carbocycles. The van der Waals surface area contributed by atoms with Gasteiger partial charge in [0.05, 0.1) is 17.7 Å². The maximum absolute atomic E-state index is 12.6. The molecule has 2 N–H and O–H groups in total. The fraction of sp³-hybridized carbons (Fsp3) is 0.611. The number of nitrogens with one attached hydrogen (secondary N) is 1. The average molecular weight is 399 g/mol. The van der Waals surface area contributed by atoms with Gasteiger partial charge in [-0.1, -0.05) is 18.5 Å². The van der Waals surface area contributed by atoms with Crippen molar-refractivity contribution < 1.29 is 19.4 Å². The number of carboxylic acid groups (broad SMARTS) is 1. The molecule has 1 aromatic heterocycles. The molecule has 1 saturated heterocycles. The van der Waals surface area contributed by atoms with Crippen molar-refractivity contribution in [2.75, 3.05) is 31.5 Å². The van der Waals surface area contributed by atoms with E-state index in [0.717, 1.165) is 12.8 Å². The van der Waals surface area contributed by atoms with Crippen LogP contribution in [0.1, 0.15) is 33.6 Å². The summed E-state index contributed by atoms with van der Waals surface area (Å²) in [6, 6.07) is 1.54. The molecule has 0 saturated carbocycles. The number of rotatable bonds is 7. The number of piperidine rings is 1. The number of carbonyl (C=O) groups is 2. The van der Waals surface area contributed by atoms with Crippen LogP contribution in [0.25, 0.3) is 0 Å². The van der Waals surface area contributed by atoms with Gasteiger partial charge in [-0.3, -0.25) is 9.69 Å². The molecular weight excluding hydrogens is 372 g/mol. The first-order chi connectivity index (χ1) is 12.8. The van der Waals surface area contributed by atoms with Gasteiger partial charge >= 0.3 is 12.0 Å². The number of aromatic nitrogens is 1. The highest BCUT2D eigenvalue weighted by Gasteiger charge is 2.27. The van der Waals surface area contributed by atoms with Crippen LogP contribution in [0.3, 0.4) is 0 Å². The Labute approximate surface area is 164 Å². The van der Waals surface area contributed by atoms with Crippen LogP contribution in [-0.4, -0.2) is 70.2 Å². The number of urea groups is 1. The number of likely N-dealkylation sites (N-methyl/N-ethyl adjacent to an activating group) is 1. The van der Waals surface area contributed by atoms with E-state index < -0.39 is 5.97 Å². The Balaban J connectivity index is 1.96. The molecule has 27 heavy (non-hydrogen) atoms. The number of aliphatic carboxylic acids is 1. The Hall–Kier alpha value is -2.06. The average Bonchev–Trinajstić information content (AvgIpc) is 2.61. The van der Waals surface area contributed by atoms with Crippen molar-refractivity contribution >= 4 is 29.3 Å². The zero-order valence-corrected chi connectivity index (χ0v) is 16.7. The first-order valence-corrected chi connectivity index (χ1v) is 9.52. The minimum atomic E-state index is -0.830. The third-order valence-corrected chi connectivity index (χ3v) is 4.63. The lowest BCUT2D eigenvalue weighted by Crippen LogP contribution is -2.49. The molecule has 2 amide bonds. The second-order valence-electron chi connectivity index (χ2n) is 6.78. The molecule has 0 spiro atoms. The predicted molar refractivity (Wildman–Crippen MR) is 104 cm³/mol. The maximum Gasteiger partial charge on any atom is 0.321 e. The van der Waals surface area contributed by atoms with Gasteiger partial charge in [-0.25, -0.2) is 9.78 Å². The first-order valence-electron chi connectivity index (χ1n) is 9.14. The van der Waals surface area contributed by atoms with E-state index >= 15 is 0 Å². The highest BCUT2D eigenvalue weighted by Crippen LogP contribution is 2.27. The van der Waals surface area contributed by atoms with Gasteiger partial charge in [0.1, 0.15) is 5.69 Å². The Bertz CT molecular complexity index is 663. The van der Waals surface area contributed by atoms with Gasteiger partial charge in [-0.15, -0.1) is 0 Å². The second kappa shape index (κ2) is 9.75. The van der Waals surface area contributed by atoms with E-state index in [1.807, 2.05) is 25.7 Å². The minimum absolute atomic E-state index is 0.0252. The van der Waals surface area contributed by atoms with Crippen molar-refractivity contribution in [3.63, 3.8) is 0 Å². The zero-order chi connectivity index (χ0) is 20.0. The molecule has 1 aromatic rings. The zero-order valence-electron chi connectivity index (χ0n) is 15.9. The highest BCUT2D eigenvalue weighted by molar-refractivity contribution is 6.30. The number of hydrogen-bond donors (Lipinski definition) is 2. The summed E-state index contributed by atoms with van der Waals surface area (Å²) < 4.78 is 5.62. The van der Waals surface area contributed by atoms with Crippen LogP contribution in [0.5, 0.6) is 5.88 Å². The fourth-order valence-electron chi connectivity index (χ4n) is 3.13. The van der Waals surface area contributed by atoms with Gasteiger partial charge in [0.25, 0.3) is 0 Å². The van der Waals surface area contributed by atoms with Gasteiger partial charge < -0.3 is 20.1 Å². The molecule has 8 nitrogen and oxygen atoms in total. The summed E-state index contributed by atoms with van der Waals surface area (Å²) >= 11 is 6.00. The van der Waals surface area contributed by atoms with E-state index in [0.29, 0.717) is 36.2 Å². The monoisotopic (exact) mass is 398 g/mol. The van der Waals surface area contributed by atoms with Crippen LogP contribution in [0.2, 0.25) is 5.02 Å². The molecule has 1 aliphatic rings. The second-order valence-corrected chi connectivity index (χ2v) is 7.21. The molecule has 2 heterocycles. The molecule has 0 aromatic carbocycles. The standard InChI is InChI=1S/C18H27ClN4O4/c1-4-22(11-16(24)25)14-5-7-23(8-6-14)18(26)21-15-9-13(19)10-20-17(15)27-12(2)3/h9-10,12,14H,4-8,11H2,1-3H3,(H,21,26)(H,24,25). The lowest BCUT2D eigenvalue weighted by Gasteiger charge is -2.37. The Morgan fingerprint density at radius 1 is 1.44 bits per heavy atom. The summed E-state index contributed by atoms with van der Waals surface area (Å²) in [4.78, 5) is 31.4. The summed E-state index contributed by atoms with van der Waals surface area (Å²) in [5.41, 5.74) is 0.435. The van der Waals surface area contributed by atoms with E-state index in [1.165, 1.54) is 6.20 Å². The summed E-state index contributed by atoms with van der Waals surface area (Å²) in [6.45, 7) is 7.52. The van der Waals surface area contributed by atoms with Crippen molar-refractivity contribution in [1.82, 2.24) is 14.8 Å². The lowest BCUT2D eigenvalue weighted by molar-refractivity contribution is -0.139. The van der Waals surface area contributed by atoms with Crippen molar-refractivity contribution in [2.24, 2.45) is 0 Å². The van der Waals surface area contributed by atoms with Crippen LogP contribution in [0.4, 0.5) is 10.5 Å². The Kier molecular flexibility index (Phi) is 7.67. The van der Waals surface area contributed by atoms with Crippen LogP contribution >= 0.6 is 11.6 Å². The van der Waals surface area contributed by atoms with Crippen LogP contribution in [0, 0.1) is 0 Å². The van der Waals surface area contributed by atoms with Crippen LogP contribution in [-0.2, 0) is 4.79 Å². The summed E-state index contributed by atoms with van der Waals surface area (Å²) in [5, 5.41) is 12.2. The molecule has 0 unspecified atom stereocenters. The van der Waals surface area contributed by atoms with Gasteiger partial charge in [0.15, 0.2) is 0 Å². The SMILES string of the molecule is CCN(CC(=O)O)C1CCN(C(=O)Nc2cc(Cl)cnc2OC(C)C)CC1. The lowest BCUT2D eigenvalue weighted by atomic mass is 10.0. The predicted octanol–water partition coefficient (Wildman–Crippen LogP) is 2.93. The van der Waals surface area contributed by atoms with Crippen LogP contribution in [0.15, 0.2) is 12.3 Å². The van der Waals surface area contributed by atoms with Crippen molar-refractivity contribution in [2.45, 2.75) is 45.8 Å². The number of anilines is 1. The fourth-order valence-corrected chi connectivity index (χ4v) is 3.29.